The molecule has 0 aromatic carbocycles. The Morgan fingerprint density at radius 2 is 2.40 bits per heavy atom. The minimum Gasteiger partial charge on any atom is -0.211 e. The molecule has 0 saturated heterocycles. The Labute approximate surface area is 61.2 Å². The van der Waals surface area contributed by atoms with Gasteiger partial charge in [0.1, 0.15) is 0 Å². The average Bonchev–Trinajstić information content (AvgIpc) is 2.34. The van der Waals surface area contributed by atoms with Crippen molar-refractivity contribution >= 4 is 11.8 Å². The summed E-state index contributed by atoms with van der Waals surface area (Å²) in [5.41, 5.74) is 0. The van der Waals surface area contributed by atoms with Crippen LogP contribution in [0.2, 0.25) is 0 Å². The van der Waals surface area contributed by atoms with E-state index in [4.69, 9.17) is 0 Å². The molecule has 0 fully saturated rings. The van der Waals surface area contributed by atoms with Crippen molar-refractivity contribution < 1.29 is 8.78 Å². The van der Waals surface area contributed by atoms with Gasteiger partial charge in [0, 0.05) is 11.1 Å². The van der Waals surface area contributed by atoms with Gasteiger partial charge in [-0.2, -0.15) is 13.9 Å². The number of hydrogen-bond acceptors (Lipinski definition) is 2. The van der Waals surface area contributed by atoms with Crippen LogP contribution < -0.4 is 0 Å². The second-order valence-electron chi connectivity index (χ2n) is 1.64. The van der Waals surface area contributed by atoms with Gasteiger partial charge in [-0.05, 0) is 6.26 Å². The number of thioether (sulfide) groups is 1. The number of aromatic nitrogens is 2. The fourth-order valence-corrected chi connectivity index (χ4v) is 0.899. The zero-order chi connectivity index (χ0) is 7.56. The Balaban J connectivity index is 2.78. The lowest BCUT2D eigenvalue weighted by atomic mass is 10.7. The van der Waals surface area contributed by atoms with Gasteiger partial charge >= 0.3 is 6.55 Å². The monoisotopic (exact) mass is 164 g/mol. The van der Waals surface area contributed by atoms with Crippen molar-refractivity contribution in [3.63, 3.8) is 0 Å². The molecule has 0 aliphatic carbocycles. The first-order chi connectivity index (χ1) is 4.74. The highest BCUT2D eigenvalue weighted by atomic mass is 32.2. The summed E-state index contributed by atoms with van der Waals surface area (Å²) in [6, 6.07) is 0. The van der Waals surface area contributed by atoms with E-state index in [-0.39, 0.29) is 0 Å². The molecule has 1 aromatic rings. The van der Waals surface area contributed by atoms with E-state index < -0.39 is 6.55 Å². The van der Waals surface area contributed by atoms with Crippen molar-refractivity contribution in [2.24, 2.45) is 0 Å². The SMILES string of the molecule is CSc1cnn(C(F)F)c1. The average molecular weight is 164 g/mol. The summed E-state index contributed by atoms with van der Waals surface area (Å²) in [5.74, 6) is 0. The van der Waals surface area contributed by atoms with Crippen LogP contribution in [-0.2, 0) is 0 Å². The van der Waals surface area contributed by atoms with E-state index in [1.54, 1.807) is 0 Å². The van der Waals surface area contributed by atoms with Crippen molar-refractivity contribution in [1.82, 2.24) is 9.78 Å². The number of rotatable bonds is 2. The maximum Gasteiger partial charge on any atom is 0.333 e. The predicted molar refractivity (Wildman–Crippen MR) is 35.3 cm³/mol. The molecule has 0 bridgehead atoms. The normalized spacial score (nSPS) is 10.8. The summed E-state index contributed by atoms with van der Waals surface area (Å²) < 4.78 is 24.2. The molecule has 0 unspecified atom stereocenters. The zero-order valence-electron chi connectivity index (χ0n) is 5.29. The van der Waals surface area contributed by atoms with Crippen LogP contribution in [-0.4, -0.2) is 16.0 Å². The largest absolute Gasteiger partial charge is 0.333 e. The van der Waals surface area contributed by atoms with Crippen molar-refractivity contribution in [3.8, 4) is 0 Å². The smallest absolute Gasteiger partial charge is 0.211 e. The molecule has 0 radical (unpaired) electrons. The molecule has 1 heterocycles. The van der Waals surface area contributed by atoms with Gasteiger partial charge in [0.15, 0.2) is 0 Å². The summed E-state index contributed by atoms with van der Waals surface area (Å²) >= 11 is 1.39. The third-order valence-corrected chi connectivity index (χ3v) is 1.70. The van der Waals surface area contributed by atoms with Gasteiger partial charge in [0.25, 0.3) is 0 Å². The number of halogens is 2. The molecular weight excluding hydrogens is 158 g/mol. The van der Waals surface area contributed by atoms with E-state index >= 15 is 0 Å². The minimum atomic E-state index is -2.53. The molecule has 0 spiro atoms. The van der Waals surface area contributed by atoms with Crippen LogP contribution in [0.25, 0.3) is 0 Å². The zero-order valence-corrected chi connectivity index (χ0v) is 6.11. The predicted octanol–water partition coefficient (Wildman–Crippen LogP) is 2.00. The molecule has 0 saturated carbocycles. The van der Waals surface area contributed by atoms with Gasteiger partial charge in [-0.25, -0.2) is 4.68 Å². The molecule has 10 heavy (non-hydrogen) atoms. The molecule has 1 aromatic heterocycles. The topological polar surface area (TPSA) is 17.8 Å². The molecule has 0 aliphatic heterocycles. The number of hydrogen-bond donors (Lipinski definition) is 0. The van der Waals surface area contributed by atoms with Crippen LogP contribution in [0.1, 0.15) is 6.55 Å². The van der Waals surface area contributed by atoms with E-state index in [1.165, 1.54) is 24.2 Å². The van der Waals surface area contributed by atoms with E-state index in [9.17, 15) is 8.78 Å². The van der Waals surface area contributed by atoms with Crippen molar-refractivity contribution in [1.29, 1.82) is 0 Å². The van der Waals surface area contributed by atoms with Crippen LogP contribution >= 0.6 is 11.8 Å². The third-order valence-electron chi connectivity index (χ3n) is 1.01. The quantitative estimate of drug-likeness (QED) is 0.622. The second kappa shape index (κ2) is 3.01. The first-order valence-corrected chi connectivity index (χ1v) is 3.83. The Bertz CT molecular complexity index is 211. The molecule has 2 nitrogen and oxygen atoms in total. The molecule has 56 valence electrons. The van der Waals surface area contributed by atoms with Crippen LogP contribution in [0.4, 0.5) is 8.78 Å². The summed E-state index contributed by atoms with van der Waals surface area (Å²) in [7, 11) is 0. The van der Waals surface area contributed by atoms with Crippen molar-refractivity contribution in [3.05, 3.63) is 12.4 Å². The molecule has 0 amide bonds. The first kappa shape index (κ1) is 7.53. The number of alkyl halides is 2. The second-order valence-corrected chi connectivity index (χ2v) is 2.52. The molecule has 5 heteroatoms. The van der Waals surface area contributed by atoms with Gasteiger partial charge in [-0.15, -0.1) is 11.8 Å². The fourth-order valence-electron chi connectivity index (χ4n) is 0.533. The van der Waals surface area contributed by atoms with Gasteiger partial charge in [-0.3, -0.25) is 0 Å². The summed E-state index contributed by atoms with van der Waals surface area (Å²) in [6.45, 7) is -2.53. The minimum absolute atomic E-state index is 0.631. The standard InChI is InChI=1S/C5H6F2N2S/c1-10-4-2-8-9(3-4)5(6)7/h2-3,5H,1H3. The lowest BCUT2D eigenvalue weighted by Gasteiger charge is -1.94. The van der Waals surface area contributed by atoms with Crippen LogP contribution in [0.5, 0.6) is 0 Å². The fraction of sp³-hybridized carbons (Fsp3) is 0.400. The first-order valence-electron chi connectivity index (χ1n) is 2.60. The Kier molecular flexibility index (Phi) is 2.26. The Morgan fingerprint density at radius 3 is 2.70 bits per heavy atom. The van der Waals surface area contributed by atoms with E-state index in [1.807, 2.05) is 6.26 Å². The van der Waals surface area contributed by atoms with Crippen LogP contribution in [0.15, 0.2) is 17.3 Å². The van der Waals surface area contributed by atoms with Crippen molar-refractivity contribution in [2.45, 2.75) is 11.4 Å². The summed E-state index contributed by atoms with van der Waals surface area (Å²) in [4.78, 5) is 0.750. The summed E-state index contributed by atoms with van der Waals surface area (Å²) in [5, 5.41) is 3.43. The van der Waals surface area contributed by atoms with E-state index in [0.717, 1.165) is 4.90 Å². The molecule has 1 rings (SSSR count). The maximum atomic E-state index is 11.8. The van der Waals surface area contributed by atoms with E-state index in [2.05, 4.69) is 5.10 Å². The Morgan fingerprint density at radius 1 is 1.70 bits per heavy atom. The Hall–Kier alpha value is -0.580. The van der Waals surface area contributed by atoms with Crippen LogP contribution in [0, 0.1) is 0 Å². The molecule has 0 atom stereocenters. The highest BCUT2D eigenvalue weighted by Crippen LogP contribution is 2.16. The lowest BCUT2D eigenvalue weighted by Crippen LogP contribution is -1.96. The van der Waals surface area contributed by atoms with Crippen LogP contribution in [0.3, 0.4) is 0 Å². The molecule has 0 aliphatic rings. The summed E-state index contributed by atoms with van der Waals surface area (Å²) in [6.07, 6.45) is 4.54. The van der Waals surface area contributed by atoms with Gasteiger partial charge in [-0.1, -0.05) is 0 Å². The maximum absolute atomic E-state index is 11.8. The van der Waals surface area contributed by atoms with Crippen molar-refractivity contribution in [2.75, 3.05) is 6.26 Å². The van der Waals surface area contributed by atoms with Gasteiger partial charge in [0.2, 0.25) is 0 Å². The van der Waals surface area contributed by atoms with Gasteiger partial charge < -0.3 is 0 Å². The van der Waals surface area contributed by atoms with Gasteiger partial charge in [0.05, 0.1) is 6.20 Å². The van der Waals surface area contributed by atoms with E-state index in [0.29, 0.717) is 4.68 Å². The third kappa shape index (κ3) is 1.47. The number of nitrogens with zero attached hydrogens (tertiary/aromatic N) is 2. The molecule has 0 N–H and O–H groups in total. The highest BCUT2D eigenvalue weighted by molar-refractivity contribution is 7.98. The lowest BCUT2D eigenvalue weighted by molar-refractivity contribution is 0.0564. The highest BCUT2D eigenvalue weighted by Gasteiger charge is 2.05. The molecular formula is C5H6F2N2S.